The predicted octanol–water partition coefficient (Wildman–Crippen LogP) is 7.48. The summed E-state index contributed by atoms with van der Waals surface area (Å²) < 4.78 is 65.4. The molecule has 8 N–H and O–H groups in total. The molecule has 374 valence electrons. The van der Waals surface area contributed by atoms with Crippen LogP contribution in [-0.2, 0) is 50.9 Å². The van der Waals surface area contributed by atoms with E-state index in [1.807, 2.05) is 0 Å². The van der Waals surface area contributed by atoms with Crippen LogP contribution in [0.15, 0.2) is 0 Å². The number of aliphatic hydroxyl groups excluding tert-OH is 3. The minimum absolute atomic E-state index is 0.00304. The minimum Gasteiger partial charge on any atom is -0.462 e. The van der Waals surface area contributed by atoms with E-state index in [1.54, 1.807) is 0 Å². The number of phosphoric acid groups is 3. The van der Waals surface area contributed by atoms with Crippen molar-refractivity contribution < 1.29 is 90.6 Å². The number of hydrogen-bond acceptors (Lipinski definition) is 15. The molecule has 0 amide bonds. The van der Waals surface area contributed by atoms with Gasteiger partial charge in [0, 0.05) is 12.8 Å². The normalized spacial score (nSPS) is 22.1. The molecule has 0 aromatic rings. The van der Waals surface area contributed by atoms with Crippen LogP contribution in [0.5, 0.6) is 0 Å². The second-order valence-electron chi connectivity index (χ2n) is 16.4. The molecule has 19 nitrogen and oxygen atoms in total. The highest BCUT2D eigenvalue weighted by atomic mass is 32.1. The quantitative estimate of drug-likeness (QED) is 0.0124. The van der Waals surface area contributed by atoms with E-state index in [-0.39, 0.29) is 12.8 Å². The van der Waals surface area contributed by atoms with Crippen molar-refractivity contribution in [3.63, 3.8) is 0 Å². The van der Waals surface area contributed by atoms with Crippen LogP contribution in [0, 0.1) is 0 Å². The summed E-state index contributed by atoms with van der Waals surface area (Å²) in [6, 6.07) is 0. The Balaban J connectivity index is 2.74. The van der Waals surface area contributed by atoms with Gasteiger partial charge in [0.2, 0.25) is 0 Å². The summed E-state index contributed by atoms with van der Waals surface area (Å²) in [5.74, 6) is -0.359. The average molecular weight is 989 g/mol. The zero-order valence-electron chi connectivity index (χ0n) is 37.1. The Kier molecular flexibility index (Phi) is 33.4. The van der Waals surface area contributed by atoms with Gasteiger partial charge in [0.05, 0.1) is 6.61 Å². The monoisotopic (exact) mass is 988 g/mol. The highest BCUT2D eigenvalue weighted by Crippen LogP contribution is 2.51. The van der Waals surface area contributed by atoms with Gasteiger partial charge in [-0.2, -0.15) is 12.6 Å². The first-order valence-corrected chi connectivity index (χ1v) is 28.1. The highest BCUT2D eigenvalue weighted by molar-refractivity contribution is 7.80. The zero-order valence-corrected chi connectivity index (χ0v) is 40.7. The molecule has 1 saturated carbocycles. The SMILES string of the molecule is CCCCCCCCCCCCCCCC(=O)O[C@H](COC(=O)CCCCCCCCCCCCCCS)COP(=O)(O)OC1C(O)[C@H](O)[C@H](OP(=O)(O)O)C(OP(=O)(O)O)[C@@H]1O. The molecule has 1 fully saturated rings. The first-order chi connectivity index (χ1) is 29.8. The molecule has 0 spiro atoms. The molecular weight excluding hydrogens is 909 g/mol. The Labute approximate surface area is 379 Å². The highest BCUT2D eigenvalue weighted by Gasteiger charge is 2.56. The van der Waals surface area contributed by atoms with Gasteiger partial charge in [0.15, 0.2) is 6.10 Å². The molecule has 0 radical (unpaired) electrons. The molecule has 0 heterocycles. The number of thiol groups is 1. The topological polar surface area (TPSA) is 303 Å². The van der Waals surface area contributed by atoms with E-state index >= 15 is 0 Å². The Hall–Kier alpha value is -0.500. The zero-order chi connectivity index (χ0) is 47.2. The molecule has 0 aliphatic heterocycles. The number of aliphatic hydroxyl groups is 3. The van der Waals surface area contributed by atoms with Crippen LogP contribution in [0.2, 0.25) is 0 Å². The molecule has 1 aliphatic carbocycles. The third-order valence-electron chi connectivity index (χ3n) is 10.7. The summed E-state index contributed by atoms with van der Waals surface area (Å²) in [5, 5.41) is 31.8. The lowest BCUT2D eigenvalue weighted by molar-refractivity contribution is -0.213. The maximum Gasteiger partial charge on any atom is 0.472 e. The predicted molar refractivity (Wildman–Crippen MR) is 238 cm³/mol. The molecule has 23 heteroatoms. The number of rotatable bonds is 40. The van der Waals surface area contributed by atoms with Gasteiger partial charge in [0.1, 0.15) is 43.2 Å². The van der Waals surface area contributed by atoms with E-state index in [4.69, 9.17) is 18.5 Å². The average Bonchev–Trinajstić information content (AvgIpc) is 3.20. The second kappa shape index (κ2) is 34.7. The molecule has 1 aliphatic rings. The Bertz CT molecular complexity index is 1350. The number of hydrogen-bond donors (Lipinski definition) is 9. The fourth-order valence-corrected chi connectivity index (χ4v) is 9.59. The van der Waals surface area contributed by atoms with E-state index in [9.17, 15) is 63.1 Å². The lowest BCUT2D eigenvalue weighted by Crippen LogP contribution is -2.65. The third-order valence-corrected chi connectivity index (χ3v) is 13.1. The van der Waals surface area contributed by atoms with Crippen molar-refractivity contribution in [2.45, 2.75) is 223 Å². The molecule has 0 aromatic heterocycles. The number of phosphoric ester groups is 3. The lowest BCUT2D eigenvalue weighted by Gasteiger charge is -2.44. The van der Waals surface area contributed by atoms with E-state index in [0.717, 1.165) is 63.5 Å². The largest absolute Gasteiger partial charge is 0.472 e. The number of carbonyl (C=O) groups is 2. The fourth-order valence-electron chi connectivity index (χ4n) is 7.27. The van der Waals surface area contributed by atoms with Gasteiger partial charge in [-0.3, -0.25) is 27.7 Å². The van der Waals surface area contributed by atoms with Gasteiger partial charge in [0.25, 0.3) is 0 Å². The summed E-state index contributed by atoms with van der Waals surface area (Å²) >= 11 is 4.24. The summed E-state index contributed by atoms with van der Waals surface area (Å²) in [6.07, 6.45) is 11.1. The van der Waals surface area contributed by atoms with Crippen molar-refractivity contribution in [2.24, 2.45) is 0 Å². The first-order valence-electron chi connectivity index (χ1n) is 22.9. The summed E-state index contributed by atoms with van der Waals surface area (Å²) in [6.45, 7) is 0.728. The maximum absolute atomic E-state index is 13.1. The number of carbonyl (C=O) groups excluding carboxylic acids is 2. The Morgan fingerprint density at radius 3 is 1.27 bits per heavy atom. The van der Waals surface area contributed by atoms with Gasteiger partial charge < -0.3 is 49.3 Å². The van der Waals surface area contributed by atoms with Crippen molar-refractivity contribution in [3.8, 4) is 0 Å². The van der Waals surface area contributed by atoms with Gasteiger partial charge in [-0.15, -0.1) is 0 Å². The first kappa shape index (κ1) is 60.5. The third kappa shape index (κ3) is 31.2. The Morgan fingerprint density at radius 1 is 0.492 bits per heavy atom. The molecule has 63 heavy (non-hydrogen) atoms. The fraction of sp³-hybridized carbons (Fsp3) is 0.950. The maximum atomic E-state index is 13.1. The molecule has 0 aromatic carbocycles. The van der Waals surface area contributed by atoms with Crippen LogP contribution in [0.1, 0.15) is 180 Å². The second-order valence-corrected chi connectivity index (χ2v) is 20.7. The number of ether oxygens (including phenoxy) is 2. The van der Waals surface area contributed by atoms with Crippen molar-refractivity contribution in [2.75, 3.05) is 19.0 Å². The molecule has 4 unspecified atom stereocenters. The van der Waals surface area contributed by atoms with Crippen LogP contribution < -0.4 is 0 Å². The number of esters is 2. The molecule has 0 saturated heterocycles. The van der Waals surface area contributed by atoms with Gasteiger partial charge in [-0.1, -0.05) is 148 Å². The molecular formula is C40H79O19P3S. The van der Waals surface area contributed by atoms with Crippen LogP contribution in [-0.4, -0.2) is 113 Å². The van der Waals surface area contributed by atoms with Gasteiger partial charge in [-0.25, -0.2) is 13.7 Å². The standard InChI is InChI=1S/C40H79O19P3S/c1-2-3-4-5-6-7-8-9-13-16-19-22-25-28-34(42)56-32(30-54-33(41)27-24-21-18-15-12-10-11-14-17-20-23-26-29-63)31-55-62(52,53)59-38-35(43)36(44)39(57-60(46,47)48)40(37(38)45)58-61(49,50)51/h32,35-40,43-45,63H,2-31H2,1H3,(H,52,53)(H2,46,47,48)(H2,49,50,51)/t32-,35?,36+,37-,38?,39+,40?/m1/s1. The molecule has 1 rings (SSSR count). The van der Waals surface area contributed by atoms with Crippen LogP contribution in [0.25, 0.3) is 0 Å². The van der Waals surface area contributed by atoms with E-state index in [0.29, 0.717) is 12.8 Å². The van der Waals surface area contributed by atoms with Crippen LogP contribution in [0.3, 0.4) is 0 Å². The summed E-state index contributed by atoms with van der Waals surface area (Å²) in [5.41, 5.74) is 0. The van der Waals surface area contributed by atoms with Crippen molar-refractivity contribution in [3.05, 3.63) is 0 Å². The Morgan fingerprint density at radius 2 is 0.857 bits per heavy atom. The minimum atomic E-state index is -5.59. The smallest absolute Gasteiger partial charge is 0.462 e. The molecule has 8 atom stereocenters. The van der Waals surface area contributed by atoms with Crippen LogP contribution in [0.4, 0.5) is 0 Å². The van der Waals surface area contributed by atoms with Crippen LogP contribution >= 0.6 is 36.1 Å². The van der Waals surface area contributed by atoms with Crippen molar-refractivity contribution in [1.29, 1.82) is 0 Å². The van der Waals surface area contributed by atoms with Crippen molar-refractivity contribution in [1.82, 2.24) is 0 Å². The molecule has 0 bridgehead atoms. The summed E-state index contributed by atoms with van der Waals surface area (Å²) in [7, 11) is -16.6. The van der Waals surface area contributed by atoms with Gasteiger partial charge >= 0.3 is 35.4 Å². The number of unbranched alkanes of at least 4 members (excludes halogenated alkanes) is 23. The van der Waals surface area contributed by atoms with E-state index in [1.165, 1.54) is 89.9 Å². The van der Waals surface area contributed by atoms with Crippen molar-refractivity contribution >= 4 is 48.0 Å². The lowest BCUT2D eigenvalue weighted by atomic mass is 9.85. The van der Waals surface area contributed by atoms with Gasteiger partial charge in [-0.05, 0) is 25.0 Å². The van der Waals surface area contributed by atoms with E-state index in [2.05, 4.69) is 28.6 Å². The summed E-state index contributed by atoms with van der Waals surface area (Å²) in [4.78, 5) is 73.0. The van der Waals surface area contributed by atoms with E-state index < -0.39 is 91.3 Å².